The summed E-state index contributed by atoms with van der Waals surface area (Å²) >= 11 is 13.2. The van der Waals surface area contributed by atoms with Crippen LogP contribution in [0.3, 0.4) is 0 Å². The highest BCUT2D eigenvalue weighted by molar-refractivity contribution is 8.14. The van der Waals surface area contributed by atoms with E-state index in [-0.39, 0.29) is 11.0 Å². The number of hydrogen-bond donors (Lipinski definition) is 1. The van der Waals surface area contributed by atoms with Crippen LogP contribution >= 0.6 is 35.0 Å². The molecule has 0 aliphatic heterocycles. The van der Waals surface area contributed by atoms with Crippen LogP contribution in [0.2, 0.25) is 10.0 Å². The summed E-state index contributed by atoms with van der Waals surface area (Å²) in [4.78, 5) is 24.8. The van der Waals surface area contributed by atoms with Crippen molar-refractivity contribution in [2.75, 3.05) is 5.75 Å². The molecule has 0 unspecified atom stereocenters. The first-order valence-corrected chi connectivity index (χ1v) is 10.9. The molecule has 1 aromatic heterocycles. The normalized spacial score (nSPS) is 11.3. The van der Waals surface area contributed by atoms with Gasteiger partial charge in [0, 0.05) is 26.9 Å². The Labute approximate surface area is 188 Å². The number of halogens is 2. The van der Waals surface area contributed by atoms with E-state index in [0.717, 1.165) is 0 Å². The van der Waals surface area contributed by atoms with Crippen molar-refractivity contribution < 1.29 is 9.59 Å². The number of carbonyl (C=O) groups is 2. The van der Waals surface area contributed by atoms with Gasteiger partial charge in [0.2, 0.25) is 5.12 Å². The fourth-order valence-electron chi connectivity index (χ4n) is 2.69. The summed E-state index contributed by atoms with van der Waals surface area (Å²) in [5, 5.41) is 12.0. The van der Waals surface area contributed by atoms with Crippen LogP contribution < -0.4 is 5.32 Å². The van der Waals surface area contributed by atoms with Gasteiger partial charge in [-0.05, 0) is 32.0 Å². The highest BCUT2D eigenvalue weighted by Crippen LogP contribution is 2.22. The molecule has 156 valence electrons. The summed E-state index contributed by atoms with van der Waals surface area (Å²) in [6, 6.07) is 13.8. The Morgan fingerprint density at radius 1 is 1.07 bits per heavy atom. The van der Waals surface area contributed by atoms with Crippen molar-refractivity contribution in [1.29, 1.82) is 0 Å². The number of rotatable bonds is 7. The predicted octanol–water partition coefficient (Wildman–Crippen LogP) is 4.82. The molecular formula is C21H20Cl2N4O2S. The van der Waals surface area contributed by atoms with Crippen molar-refractivity contribution >= 4 is 46.0 Å². The van der Waals surface area contributed by atoms with E-state index in [4.69, 9.17) is 23.2 Å². The fraction of sp³-hybridized carbons (Fsp3) is 0.238. The van der Waals surface area contributed by atoms with Gasteiger partial charge < -0.3 is 5.32 Å². The molecule has 3 rings (SSSR count). The summed E-state index contributed by atoms with van der Waals surface area (Å²) in [6.45, 7) is 4.18. The Balaban J connectivity index is 1.58. The summed E-state index contributed by atoms with van der Waals surface area (Å²) in [6.07, 6.45) is 1.76. The molecular weight excluding hydrogens is 443 g/mol. The van der Waals surface area contributed by atoms with Crippen molar-refractivity contribution in [2.24, 2.45) is 0 Å². The summed E-state index contributed by atoms with van der Waals surface area (Å²) in [7, 11) is 0. The molecule has 0 spiro atoms. The SMILES string of the molecule is CC(C)(NC(=O)c1cc(Cl)cc(Cl)c1)c1cn(CCSC(=O)c2ccccc2)nn1. The van der Waals surface area contributed by atoms with Gasteiger partial charge in [-0.25, -0.2) is 0 Å². The second-order valence-electron chi connectivity index (χ2n) is 7.11. The average Bonchev–Trinajstić information content (AvgIpc) is 3.17. The summed E-state index contributed by atoms with van der Waals surface area (Å²) in [5.41, 5.74) is 0.871. The molecule has 3 aromatic rings. The number of nitrogens with zero attached hydrogens (tertiary/aromatic N) is 3. The van der Waals surface area contributed by atoms with Crippen LogP contribution in [-0.2, 0) is 12.1 Å². The zero-order chi connectivity index (χ0) is 21.7. The van der Waals surface area contributed by atoms with E-state index in [1.807, 2.05) is 32.0 Å². The largest absolute Gasteiger partial charge is 0.341 e. The molecule has 0 atom stereocenters. The van der Waals surface area contributed by atoms with Crippen LogP contribution in [0.25, 0.3) is 0 Å². The molecule has 0 aliphatic carbocycles. The molecule has 0 radical (unpaired) electrons. The lowest BCUT2D eigenvalue weighted by Crippen LogP contribution is -2.41. The van der Waals surface area contributed by atoms with E-state index >= 15 is 0 Å². The van der Waals surface area contributed by atoms with E-state index in [2.05, 4.69) is 15.6 Å². The quantitative estimate of drug-likeness (QED) is 0.544. The van der Waals surface area contributed by atoms with E-state index in [1.165, 1.54) is 11.8 Å². The van der Waals surface area contributed by atoms with Crippen LogP contribution in [0.15, 0.2) is 54.7 Å². The monoisotopic (exact) mass is 462 g/mol. The van der Waals surface area contributed by atoms with Crippen LogP contribution in [0.1, 0.15) is 40.3 Å². The van der Waals surface area contributed by atoms with Crippen LogP contribution in [0.5, 0.6) is 0 Å². The molecule has 9 heteroatoms. The van der Waals surface area contributed by atoms with Crippen LogP contribution in [0, 0.1) is 0 Å². The molecule has 0 fully saturated rings. The molecule has 1 heterocycles. The number of carbonyl (C=O) groups excluding carboxylic acids is 2. The van der Waals surface area contributed by atoms with E-state index < -0.39 is 5.54 Å². The Bertz CT molecular complexity index is 1030. The van der Waals surface area contributed by atoms with Crippen molar-refractivity contribution in [3.8, 4) is 0 Å². The van der Waals surface area contributed by atoms with Gasteiger partial charge in [0.25, 0.3) is 5.91 Å². The molecule has 0 saturated heterocycles. The number of amides is 1. The fourth-order valence-corrected chi connectivity index (χ4v) is 3.98. The van der Waals surface area contributed by atoms with Gasteiger partial charge in [-0.3, -0.25) is 14.3 Å². The first kappa shape index (κ1) is 22.3. The van der Waals surface area contributed by atoms with Gasteiger partial charge in [0.1, 0.15) is 5.69 Å². The zero-order valence-corrected chi connectivity index (χ0v) is 18.8. The zero-order valence-electron chi connectivity index (χ0n) is 16.4. The second-order valence-corrected chi connectivity index (χ2v) is 9.05. The molecule has 0 saturated carbocycles. The van der Waals surface area contributed by atoms with E-state index in [1.54, 1.807) is 41.2 Å². The molecule has 30 heavy (non-hydrogen) atoms. The Hall–Kier alpha value is -2.35. The van der Waals surface area contributed by atoms with Crippen molar-refractivity contribution in [2.45, 2.75) is 25.9 Å². The third kappa shape index (κ3) is 5.84. The standard InChI is InChI=1S/C21H20Cl2N4O2S/c1-21(2,24-19(28)15-10-16(22)12-17(23)11-15)18-13-27(26-25-18)8-9-30-20(29)14-6-4-3-5-7-14/h3-7,10-13H,8-9H2,1-2H3,(H,24,28). The smallest absolute Gasteiger partial charge is 0.252 e. The van der Waals surface area contributed by atoms with Gasteiger partial charge in [0.15, 0.2) is 0 Å². The predicted molar refractivity (Wildman–Crippen MR) is 120 cm³/mol. The number of hydrogen-bond acceptors (Lipinski definition) is 5. The highest BCUT2D eigenvalue weighted by atomic mass is 35.5. The topological polar surface area (TPSA) is 76.9 Å². The second kappa shape index (κ2) is 9.64. The van der Waals surface area contributed by atoms with Gasteiger partial charge in [-0.1, -0.05) is 70.5 Å². The van der Waals surface area contributed by atoms with Crippen LogP contribution in [-0.4, -0.2) is 31.8 Å². The lowest BCUT2D eigenvalue weighted by Gasteiger charge is -2.23. The molecule has 1 amide bonds. The van der Waals surface area contributed by atoms with E-state index in [9.17, 15) is 9.59 Å². The first-order valence-electron chi connectivity index (χ1n) is 9.16. The lowest BCUT2D eigenvalue weighted by molar-refractivity contribution is 0.0910. The number of nitrogens with one attached hydrogen (secondary N) is 1. The summed E-state index contributed by atoms with van der Waals surface area (Å²) in [5.74, 6) is 0.243. The van der Waals surface area contributed by atoms with Crippen molar-refractivity contribution in [3.05, 3.63) is 81.6 Å². The third-order valence-corrected chi connectivity index (χ3v) is 5.61. The van der Waals surface area contributed by atoms with Gasteiger partial charge in [-0.15, -0.1) is 5.10 Å². The molecule has 6 nitrogen and oxygen atoms in total. The highest BCUT2D eigenvalue weighted by Gasteiger charge is 2.27. The maximum Gasteiger partial charge on any atom is 0.252 e. The van der Waals surface area contributed by atoms with Crippen molar-refractivity contribution in [3.63, 3.8) is 0 Å². The maximum absolute atomic E-state index is 12.6. The Morgan fingerprint density at radius 2 is 1.73 bits per heavy atom. The van der Waals surface area contributed by atoms with Crippen molar-refractivity contribution in [1.82, 2.24) is 20.3 Å². The Kier molecular flexibility index (Phi) is 7.18. The minimum atomic E-state index is -0.767. The average molecular weight is 463 g/mol. The molecule has 0 bridgehead atoms. The summed E-state index contributed by atoms with van der Waals surface area (Å²) < 4.78 is 1.66. The van der Waals surface area contributed by atoms with Gasteiger partial charge in [0.05, 0.1) is 18.3 Å². The number of aromatic nitrogens is 3. The molecule has 0 aliphatic rings. The maximum atomic E-state index is 12.6. The lowest BCUT2D eigenvalue weighted by atomic mass is 10.0. The minimum Gasteiger partial charge on any atom is -0.341 e. The van der Waals surface area contributed by atoms with Crippen LogP contribution in [0.4, 0.5) is 0 Å². The van der Waals surface area contributed by atoms with E-state index in [0.29, 0.717) is 39.2 Å². The minimum absolute atomic E-state index is 0.0173. The first-order chi connectivity index (χ1) is 14.2. The van der Waals surface area contributed by atoms with Gasteiger partial charge >= 0.3 is 0 Å². The van der Waals surface area contributed by atoms with Gasteiger partial charge in [-0.2, -0.15) is 0 Å². The molecule has 1 N–H and O–H groups in total. The number of aryl methyl sites for hydroxylation is 1. The number of benzene rings is 2. The Morgan fingerprint density at radius 3 is 2.40 bits per heavy atom. The number of thioether (sulfide) groups is 1. The third-order valence-electron chi connectivity index (χ3n) is 4.29. The molecule has 2 aromatic carbocycles.